The lowest BCUT2D eigenvalue weighted by molar-refractivity contribution is -0.144. The molecule has 8 heteroatoms. The SMILES string of the molecule is Cc1c(N)cccc1/C(N)=N/OC(=O)CCn1ncc(I)c1C. The number of oxime groups is 1. The number of nitrogens with zero attached hydrogens (tertiary/aromatic N) is 3. The summed E-state index contributed by atoms with van der Waals surface area (Å²) in [5.41, 5.74) is 14.7. The minimum atomic E-state index is -0.473. The maximum absolute atomic E-state index is 11.8. The summed E-state index contributed by atoms with van der Waals surface area (Å²) in [5, 5.41) is 7.87. The quantitative estimate of drug-likeness (QED) is 0.189. The van der Waals surface area contributed by atoms with Crippen LogP contribution in [0.5, 0.6) is 0 Å². The lowest BCUT2D eigenvalue weighted by Crippen LogP contribution is -2.17. The molecule has 7 nitrogen and oxygen atoms in total. The standard InChI is InChI=1S/C15H18IN5O2/c1-9-11(4-3-5-13(9)17)15(18)20-23-14(22)6-7-21-10(2)12(16)8-19-21/h3-5,8H,6-7,17H2,1-2H3,(H2,18,20). The van der Waals surface area contributed by atoms with Crippen molar-refractivity contribution in [1.29, 1.82) is 0 Å². The van der Waals surface area contributed by atoms with E-state index in [-0.39, 0.29) is 12.3 Å². The lowest BCUT2D eigenvalue weighted by atomic mass is 10.1. The monoisotopic (exact) mass is 427 g/mol. The molecular weight excluding hydrogens is 409 g/mol. The summed E-state index contributed by atoms with van der Waals surface area (Å²) in [7, 11) is 0. The Kier molecular flexibility index (Phi) is 5.59. The van der Waals surface area contributed by atoms with Crippen molar-refractivity contribution < 1.29 is 9.63 Å². The third kappa shape index (κ3) is 4.21. The third-order valence-corrected chi connectivity index (χ3v) is 4.53. The highest BCUT2D eigenvalue weighted by molar-refractivity contribution is 14.1. The van der Waals surface area contributed by atoms with Crippen molar-refractivity contribution in [3.8, 4) is 0 Å². The van der Waals surface area contributed by atoms with Crippen LogP contribution in [-0.2, 0) is 16.2 Å². The van der Waals surface area contributed by atoms with Crippen LogP contribution in [0.25, 0.3) is 0 Å². The minimum absolute atomic E-state index is 0.118. The Labute approximate surface area is 147 Å². The molecule has 0 radical (unpaired) electrons. The normalized spacial score (nSPS) is 11.5. The summed E-state index contributed by atoms with van der Waals surface area (Å²) in [6.07, 6.45) is 1.91. The number of carbonyl (C=O) groups excluding carboxylic acids is 1. The highest BCUT2D eigenvalue weighted by Gasteiger charge is 2.10. The zero-order chi connectivity index (χ0) is 17.0. The Morgan fingerprint density at radius 1 is 1.43 bits per heavy atom. The van der Waals surface area contributed by atoms with Crippen LogP contribution < -0.4 is 11.5 Å². The molecule has 0 fully saturated rings. The number of anilines is 1. The molecule has 0 aliphatic heterocycles. The first-order valence-corrected chi connectivity index (χ1v) is 8.04. The first-order valence-electron chi connectivity index (χ1n) is 6.97. The fourth-order valence-corrected chi connectivity index (χ4v) is 2.38. The number of nitrogens with two attached hydrogens (primary N) is 2. The van der Waals surface area contributed by atoms with Crippen LogP contribution in [0.4, 0.5) is 5.69 Å². The number of aromatic nitrogens is 2. The molecule has 4 N–H and O–H groups in total. The van der Waals surface area contributed by atoms with Crippen molar-refractivity contribution in [2.45, 2.75) is 26.8 Å². The molecule has 0 aliphatic rings. The molecule has 2 rings (SSSR count). The van der Waals surface area contributed by atoms with Crippen molar-refractivity contribution in [3.05, 3.63) is 44.8 Å². The van der Waals surface area contributed by atoms with Gasteiger partial charge in [-0.1, -0.05) is 17.3 Å². The van der Waals surface area contributed by atoms with Gasteiger partial charge in [-0.15, -0.1) is 0 Å². The van der Waals surface area contributed by atoms with E-state index in [1.807, 2.05) is 13.8 Å². The summed E-state index contributed by atoms with van der Waals surface area (Å²) in [6.45, 7) is 4.20. The molecule has 0 unspecified atom stereocenters. The van der Waals surface area contributed by atoms with Crippen molar-refractivity contribution in [1.82, 2.24) is 9.78 Å². The molecule has 0 atom stereocenters. The van der Waals surface area contributed by atoms with Crippen molar-refractivity contribution in [3.63, 3.8) is 0 Å². The first-order chi connectivity index (χ1) is 10.9. The van der Waals surface area contributed by atoms with Crippen LogP contribution >= 0.6 is 22.6 Å². The zero-order valence-corrected chi connectivity index (χ0v) is 15.1. The fraction of sp³-hybridized carbons (Fsp3) is 0.267. The molecule has 2 aromatic rings. The van der Waals surface area contributed by atoms with Crippen molar-refractivity contribution in [2.75, 3.05) is 5.73 Å². The third-order valence-electron chi connectivity index (χ3n) is 3.47. The fourth-order valence-electron chi connectivity index (χ4n) is 1.97. The van der Waals surface area contributed by atoms with Gasteiger partial charge in [0, 0.05) is 16.9 Å². The van der Waals surface area contributed by atoms with Crippen LogP contribution in [0.15, 0.2) is 29.6 Å². The van der Waals surface area contributed by atoms with Gasteiger partial charge in [0.1, 0.15) is 0 Å². The predicted octanol–water partition coefficient (Wildman–Crippen LogP) is 1.94. The number of halogens is 1. The molecule has 1 aromatic heterocycles. The first kappa shape index (κ1) is 17.3. The van der Waals surface area contributed by atoms with Crippen LogP contribution in [0.3, 0.4) is 0 Å². The Morgan fingerprint density at radius 2 is 2.17 bits per heavy atom. The molecule has 0 aliphatic carbocycles. The van der Waals surface area contributed by atoms with E-state index in [2.05, 4.69) is 32.8 Å². The van der Waals surface area contributed by atoms with E-state index in [1.54, 1.807) is 29.1 Å². The van der Waals surface area contributed by atoms with E-state index in [9.17, 15) is 4.79 Å². The second-order valence-electron chi connectivity index (χ2n) is 5.01. The number of aryl methyl sites for hydroxylation is 1. The Balaban J connectivity index is 1.95. The van der Waals surface area contributed by atoms with Gasteiger partial charge in [0.2, 0.25) is 0 Å². The van der Waals surface area contributed by atoms with E-state index in [1.165, 1.54) is 0 Å². The van der Waals surface area contributed by atoms with Crippen LogP contribution in [-0.4, -0.2) is 21.6 Å². The van der Waals surface area contributed by atoms with Gasteiger partial charge in [0.15, 0.2) is 5.84 Å². The van der Waals surface area contributed by atoms with Crippen molar-refractivity contribution in [2.24, 2.45) is 10.9 Å². The van der Waals surface area contributed by atoms with Gasteiger partial charge in [0.25, 0.3) is 0 Å². The van der Waals surface area contributed by atoms with E-state index >= 15 is 0 Å². The van der Waals surface area contributed by atoms with E-state index in [4.69, 9.17) is 16.3 Å². The van der Waals surface area contributed by atoms with E-state index in [0.29, 0.717) is 17.8 Å². The summed E-state index contributed by atoms with van der Waals surface area (Å²) < 4.78 is 2.80. The Morgan fingerprint density at radius 3 is 2.83 bits per heavy atom. The smallest absolute Gasteiger partial charge is 0.336 e. The van der Waals surface area contributed by atoms with Crippen molar-refractivity contribution >= 4 is 40.1 Å². The zero-order valence-electron chi connectivity index (χ0n) is 12.9. The highest BCUT2D eigenvalue weighted by Crippen LogP contribution is 2.15. The van der Waals surface area contributed by atoms with Crippen LogP contribution in [0.2, 0.25) is 0 Å². The number of rotatable bonds is 5. The van der Waals surface area contributed by atoms with Gasteiger partial charge in [0.05, 0.1) is 22.7 Å². The Hall–Kier alpha value is -2.10. The number of benzene rings is 1. The van der Waals surface area contributed by atoms with Crippen LogP contribution in [0.1, 0.15) is 23.2 Å². The van der Waals surface area contributed by atoms with Crippen LogP contribution in [0, 0.1) is 17.4 Å². The van der Waals surface area contributed by atoms with E-state index < -0.39 is 5.97 Å². The summed E-state index contributed by atoms with van der Waals surface area (Å²) in [5.74, 6) is -0.354. The highest BCUT2D eigenvalue weighted by atomic mass is 127. The molecule has 0 saturated heterocycles. The number of nitrogen functional groups attached to an aromatic ring is 1. The maximum atomic E-state index is 11.8. The molecule has 1 aromatic carbocycles. The molecule has 0 saturated carbocycles. The minimum Gasteiger partial charge on any atom is -0.398 e. The lowest BCUT2D eigenvalue weighted by Gasteiger charge is -2.07. The second kappa shape index (κ2) is 7.44. The topological polar surface area (TPSA) is 109 Å². The molecule has 0 bridgehead atoms. The molecule has 23 heavy (non-hydrogen) atoms. The van der Waals surface area contributed by atoms with E-state index in [0.717, 1.165) is 14.8 Å². The summed E-state index contributed by atoms with van der Waals surface area (Å²) in [6, 6.07) is 5.31. The molecule has 0 spiro atoms. The van der Waals surface area contributed by atoms with Gasteiger partial charge in [-0.2, -0.15) is 5.10 Å². The molecule has 122 valence electrons. The summed E-state index contributed by atoms with van der Waals surface area (Å²) >= 11 is 2.19. The average molecular weight is 427 g/mol. The average Bonchev–Trinajstić information content (AvgIpc) is 2.85. The van der Waals surface area contributed by atoms with Gasteiger partial charge >= 0.3 is 5.97 Å². The molecule has 1 heterocycles. The number of hydrogen-bond acceptors (Lipinski definition) is 5. The predicted molar refractivity (Wildman–Crippen MR) is 96.7 cm³/mol. The number of hydrogen-bond donors (Lipinski definition) is 2. The van der Waals surface area contributed by atoms with Gasteiger partial charge in [-0.25, -0.2) is 4.79 Å². The number of amidine groups is 1. The van der Waals surface area contributed by atoms with Gasteiger partial charge in [-0.3, -0.25) is 4.68 Å². The molecular formula is C15H18IN5O2. The second-order valence-corrected chi connectivity index (χ2v) is 6.17. The van der Waals surface area contributed by atoms with Gasteiger partial charge in [-0.05, 0) is 48.1 Å². The number of carbonyl (C=O) groups is 1. The largest absolute Gasteiger partial charge is 0.398 e. The van der Waals surface area contributed by atoms with Gasteiger partial charge < -0.3 is 16.3 Å². The summed E-state index contributed by atoms with van der Waals surface area (Å²) in [4.78, 5) is 16.6. The maximum Gasteiger partial charge on any atom is 0.336 e. The molecule has 0 amide bonds. The Bertz CT molecular complexity index is 754.